The summed E-state index contributed by atoms with van der Waals surface area (Å²) in [6.45, 7) is -4.30. The van der Waals surface area contributed by atoms with Gasteiger partial charge in [0.05, 0.1) is 16.9 Å². The van der Waals surface area contributed by atoms with E-state index in [-0.39, 0.29) is 31.2 Å². The quantitative estimate of drug-likeness (QED) is 0.168. The van der Waals surface area contributed by atoms with Crippen LogP contribution in [0.15, 0.2) is 144 Å². The number of aryl methyl sites for hydroxylation is 2. The van der Waals surface area contributed by atoms with E-state index in [1.807, 2.05) is 60.7 Å². The Bertz CT molecular complexity index is 2390. The number of fused-ring (bicyclic) bond motifs is 2. The molecule has 3 heterocycles. The normalized spacial score (nSPS) is 13.2. The summed E-state index contributed by atoms with van der Waals surface area (Å²) in [5, 5.41) is 0.672. The van der Waals surface area contributed by atoms with Gasteiger partial charge in [0.2, 0.25) is 0 Å². The van der Waals surface area contributed by atoms with E-state index in [2.05, 4.69) is 58.3 Å². The number of furan rings is 1. The summed E-state index contributed by atoms with van der Waals surface area (Å²) < 4.78 is 52.8. The molecular weight excluding hydrogens is 731 g/mol. The molecule has 4 nitrogen and oxygen atoms in total. The molecule has 5 aromatic carbocycles. The summed E-state index contributed by atoms with van der Waals surface area (Å²) in [5.74, 6) is 0.648. The van der Waals surface area contributed by atoms with Crippen molar-refractivity contribution in [3.63, 3.8) is 0 Å². The zero-order chi connectivity index (χ0) is 34.9. The van der Waals surface area contributed by atoms with Gasteiger partial charge in [0.1, 0.15) is 0 Å². The molecule has 0 atom stereocenters. The van der Waals surface area contributed by atoms with Crippen LogP contribution >= 0.6 is 0 Å². The molecule has 0 aliphatic rings. The van der Waals surface area contributed by atoms with Gasteiger partial charge in [0.15, 0.2) is 0 Å². The van der Waals surface area contributed by atoms with Gasteiger partial charge in [-0.1, -0.05) is 101 Å². The number of para-hydroxylation sites is 2. The summed E-state index contributed by atoms with van der Waals surface area (Å²) in [4.78, 5) is 9.01. The molecule has 8 aromatic rings. The van der Waals surface area contributed by atoms with Gasteiger partial charge < -0.3 is 14.0 Å². The van der Waals surface area contributed by atoms with Gasteiger partial charge in [0.25, 0.3) is 0 Å². The Kier molecular flexibility index (Phi) is 6.88. The Morgan fingerprint density at radius 3 is 2.24 bits per heavy atom. The topological polar surface area (TPSA) is 43.9 Å². The van der Waals surface area contributed by atoms with Crippen LogP contribution < -0.4 is 0 Å². The van der Waals surface area contributed by atoms with Crippen LogP contribution in [0.25, 0.3) is 61.5 Å². The molecule has 0 N–H and O–H groups in total. The predicted octanol–water partition coefficient (Wildman–Crippen LogP) is 10.1. The summed E-state index contributed by atoms with van der Waals surface area (Å²) in [6, 6.07) is 45.1. The number of rotatable bonds is 4. The monoisotopic (exact) mass is 766 g/mol. The zero-order valence-electron chi connectivity index (χ0n) is 29.9. The van der Waals surface area contributed by atoms with Crippen LogP contribution in [-0.2, 0) is 20.1 Å². The Hall–Kier alpha value is -5.09. The zero-order valence-corrected chi connectivity index (χ0v) is 26.3. The number of aromatic nitrogens is 3. The molecule has 0 aliphatic heterocycles. The van der Waals surface area contributed by atoms with Gasteiger partial charge in [-0.05, 0) is 60.4 Å². The first-order valence-electron chi connectivity index (χ1n) is 17.1. The van der Waals surface area contributed by atoms with Crippen molar-refractivity contribution in [3.8, 4) is 39.5 Å². The smallest absolute Gasteiger partial charge is 0.0774 e. The van der Waals surface area contributed by atoms with Crippen LogP contribution in [0.3, 0.4) is 0 Å². The Labute approximate surface area is 284 Å². The van der Waals surface area contributed by atoms with Crippen molar-refractivity contribution < 1.29 is 32.7 Å². The molecule has 8 rings (SSSR count). The van der Waals surface area contributed by atoms with Gasteiger partial charge in [-0.15, -0.1) is 35.9 Å². The fraction of sp³-hybridized carbons (Fsp3) is 0.0500. The van der Waals surface area contributed by atoms with E-state index in [0.29, 0.717) is 22.4 Å². The third kappa shape index (κ3) is 6.27. The van der Waals surface area contributed by atoms with E-state index >= 15 is 0 Å². The Morgan fingerprint density at radius 2 is 1.49 bits per heavy atom. The van der Waals surface area contributed by atoms with Gasteiger partial charge in [-0.25, -0.2) is 0 Å². The molecular formula is C40H29IrN3O-2. The number of imidazole rings is 1. The average Bonchev–Trinajstić information content (AvgIpc) is 3.73. The number of benzene rings is 5. The Morgan fingerprint density at radius 1 is 0.733 bits per heavy atom. The van der Waals surface area contributed by atoms with E-state index in [4.69, 9.17) is 17.6 Å². The van der Waals surface area contributed by atoms with Crippen LogP contribution in [0.4, 0.5) is 0 Å². The number of pyridine rings is 1. The van der Waals surface area contributed by atoms with Crippen LogP contribution in [0, 0.1) is 26.0 Å². The van der Waals surface area contributed by atoms with Crippen molar-refractivity contribution in [1.82, 2.24) is 14.5 Å². The van der Waals surface area contributed by atoms with E-state index in [9.17, 15) is 0 Å². The van der Waals surface area contributed by atoms with Crippen LogP contribution in [0.5, 0.6) is 0 Å². The molecule has 0 spiro atoms. The molecule has 0 bridgehead atoms. The second-order valence-electron chi connectivity index (χ2n) is 10.2. The third-order valence-corrected chi connectivity index (χ3v) is 7.28. The van der Waals surface area contributed by atoms with Gasteiger partial charge in [-0.2, -0.15) is 0 Å². The second-order valence-corrected chi connectivity index (χ2v) is 10.2. The first-order valence-corrected chi connectivity index (χ1v) is 14.1. The molecule has 0 amide bonds. The number of hydrogen-bond acceptors (Lipinski definition) is 3. The maximum Gasteiger partial charge on any atom is 0.0774 e. The number of hydrogen-bond donors (Lipinski definition) is 0. The van der Waals surface area contributed by atoms with Crippen LogP contribution in [-0.4, -0.2) is 14.5 Å². The standard InChI is InChI=1S/C28H19N2O.C12H10N.Ir/c1-19-11-16-27-23(17-19)24(18-31-27)28-29-25-9-5-6-10-26(25)30(28)22-14-12-21(13-15-22)20-7-3-2-4-8-20;1-10-7-8-12(13-9-10)11-5-3-2-4-6-11;/h2-17H,1H3;2-5,7-9H,1H3;/q2*-1;/i2*1D3;. The second kappa shape index (κ2) is 13.3. The van der Waals surface area contributed by atoms with Gasteiger partial charge in [0, 0.05) is 52.1 Å². The Balaban J connectivity index is 0.000000222. The van der Waals surface area contributed by atoms with E-state index in [1.165, 1.54) is 6.20 Å². The van der Waals surface area contributed by atoms with E-state index < -0.39 is 13.7 Å². The van der Waals surface area contributed by atoms with Crippen LogP contribution in [0.2, 0.25) is 0 Å². The van der Waals surface area contributed by atoms with Gasteiger partial charge in [-0.3, -0.25) is 4.98 Å². The van der Waals surface area contributed by atoms with E-state index in [1.54, 1.807) is 36.4 Å². The summed E-state index contributed by atoms with van der Waals surface area (Å²) in [5.41, 5.74) is 8.29. The van der Waals surface area contributed by atoms with Gasteiger partial charge >= 0.3 is 0 Å². The van der Waals surface area contributed by atoms with Crippen molar-refractivity contribution in [2.75, 3.05) is 0 Å². The minimum Gasteiger partial charge on any atom is -0.557 e. The van der Waals surface area contributed by atoms with E-state index in [0.717, 1.165) is 39.1 Å². The molecule has 0 fully saturated rings. The first-order chi connectivity index (χ1) is 24.1. The van der Waals surface area contributed by atoms with Crippen molar-refractivity contribution in [1.29, 1.82) is 0 Å². The molecule has 221 valence electrons. The maximum absolute atomic E-state index is 7.80. The molecule has 3 aromatic heterocycles. The summed E-state index contributed by atoms with van der Waals surface area (Å²) >= 11 is 0. The number of nitrogens with zero attached hydrogens (tertiary/aromatic N) is 3. The fourth-order valence-electron chi connectivity index (χ4n) is 5.14. The average molecular weight is 766 g/mol. The third-order valence-electron chi connectivity index (χ3n) is 7.28. The molecule has 1 radical (unpaired) electrons. The SMILES string of the molecule is [2H]C([2H])([2H])c1ccc(-c2[c-]cccc2)nc1.[2H]C([2H])([2H])c1ccc2o[c-]c(-c3nc4ccccc4n3-c3ccc(-c4ccccc4)cc3)c2c1.[Ir]. The molecule has 0 aliphatic carbocycles. The van der Waals surface area contributed by atoms with Crippen molar-refractivity contribution in [2.24, 2.45) is 0 Å². The molecule has 0 saturated carbocycles. The molecule has 0 unspecified atom stereocenters. The molecule has 45 heavy (non-hydrogen) atoms. The summed E-state index contributed by atoms with van der Waals surface area (Å²) in [6.07, 6.45) is 4.37. The predicted molar refractivity (Wildman–Crippen MR) is 179 cm³/mol. The van der Waals surface area contributed by atoms with Crippen molar-refractivity contribution >= 4 is 22.0 Å². The fourth-order valence-corrected chi connectivity index (χ4v) is 5.14. The summed E-state index contributed by atoms with van der Waals surface area (Å²) in [7, 11) is 0. The largest absolute Gasteiger partial charge is 0.557 e. The maximum atomic E-state index is 7.80. The molecule has 5 heteroatoms. The molecule has 0 saturated heterocycles. The minimum absolute atomic E-state index is 0. The first kappa shape index (κ1) is 23.3. The van der Waals surface area contributed by atoms with Crippen molar-refractivity contribution in [3.05, 3.63) is 163 Å². The van der Waals surface area contributed by atoms with Crippen molar-refractivity contribution in [2.45, 2.75) is 13.7 Å². The van der Waals surface area contributed by atoms with Crippen LogP contribution in [0.1, 0.15) is 19.4 Å². The minimum atomic E-state index is -2.21.